The minimum atomic E-state index is -0.447. The molecule has 0 spiro atoms. The number of benzene rings is 1. The van der Waals surface area contributed by atoms with E-state index < -0.39 is 5.60 Å². The summed E-state index contributed by atoms with van der Waals surface area (Å²) in [5.74, 6) is 0.415. The molecule has 0 atom stereocenters. The first kappa shape index (κ1) is 24.0. The fraction of sp³-hybridized carbons (Fsp3) is 0.632. The van der Waals surface area contributed by atoms with Crippen LogP contribution in [0.15, 0.2) is 18.2 Å². The third kappa shape index (κ3) is 8.30. The maximum Gasteiger partial charge on any atom is 0.410 e. The van der Waals surface area contributed by atoms with Crippen LogP contribution in [-0.4, -0.2) is 41.9 Å². The lowest BCUT2D eigenvalue weighted by molar-refractivity contribution is 0.0205. The molecule has 0 aliphatic carbocycles. The van der Waals surface area contributed by atoms with Crippen molar-refractivity contribution < 1.29 is 14.6 Å². The van der Waals surface area contributed by atoms with E-state index in [-0.39, 0.29) is 6.09 Å². The predicted octanol–water partition coefficient (Wildman–Crippen LogP) is 5.74. The number of aliphatic hydroxyl groups excluding tert-OH is 1. The first-order valence-corrected chi connectivity index (χ1v) is 9.39. The monoisotopic (exact) mass is 391 g/mol. The summed E-state index contributed by atoms with van der Waals surface area (Å²) < 4.78 is 5.40. The Morgan fingerprint density at radius 1 is 1.12 bits per heavy atom. The summed E-state index contributed by atoms with van der Waals surface area (Å²) in [5, 5.41) is 8.16. The molecule has 0 radical (unpaired) electrons. The first-order valence-electron chi connectivity index (χ1n) is 8.64. The Hall–Kier alpha value is -0.970. The Labute approximate surface area is 162 Å². The highest BCUT2D eigenvalue weighted by atomic mass is 35.5. The fourth-order valence-electron chi connectivity index (χ4n) is 2.49. The van der Waals surface area contributed by atoms with Crippen molar-refractivity contribution in [2.24, 2.45) is 0 Å². The molecule has 25 heavy (non-hydrogen) atoms. The number of aliphatic hydroxyl groups is 1. The van der Waals surface area contributed by atoms with Crippen LogP contribution in [0.3, 0.4) is 0 Å². The quantitative estimate of drug-likeness (QED) is 0.663. The second-order valence-corrected chi connectivity index (χ2v) is 7.23. The summed E-state index contributed by atoms with van der Waals surface area (Å²) in [6.07, 6.45) is 1.60. The Morgan fingerprint density at radius 2 is 1.64 bits per heavy atom. The molecule has 4 nitrogen and oxygen atoms in total. The fourth-order valence-corrected chi connectivity index (χ4v) is 2.79. The van der Waals surface area contributed by atoms with Gasteiger partial charge >= 0.3 is 6.09 Å². The van der Waals surface area contributed by atoms with Gasteiger partial charge in [0, 0.05) is 20.2 Å². The van der Waals surface area contributed by atoms with E-state index in [2.05, 4.69) is 0 Å². The number of likely N-dealkylation sites (tertiary alicyclic amines) is 1. The number of nitrogens with zero attached hydrogens (tertiary/aromatic N) is 1. The zero-order valence-electron chi connectivity index (χ0n) is 16.1. The summed E-state index contributed by atoms with van der Waals surface area (Å²) in [5.41, 5.74) is 0.741. The minimum absolute atomic E-state index is 0.227. The third-order valence-electron chi connectivity index (χ3n) is 3.56. The van der Waals surface area contributed by atoms with E-state index in [0.29, 0.717) is 29.1 Å². The SMILES string of the molecule is CC.CC(C)(C)OC(=O)N1CCC(c2ccc(Cl)c(Cl)c2)CC1.CO. The Balaban J connectivity index is 0.00000134. The standard InChI is InChI=1S/C16H21Cl2NO2.C2H6.CH4O/c1-16(2,3)21-15(20)19-8-6-11(7-9-19)12-4-5-13(17)14(18)10-12;2*1-2/h4-5,10-11H,6-9H2,1-3H3;1-2H3;2H,1H3. The first-order chi connectivity index (χ1) is 11.8. The van der Waals surface area contributed by atoms with Gasteiger partial charge in [-0.3, -0.25) is 0 Å². The Bertz CT molecular complexity index is 522. The summed E-state index contributed by atoms with van der Waals surface area (Å²) in [4.78, 5) is 13.8. The zero-order valence-corrected chi connectivity index (χ0v) is 17.6. The number of carbonyl (C=O) groups is 1. The van der Waals surface area contributed by atoms with E-state index in [9.17, 15) is 4.79 Å². The van der Waals surface area contributed by atoms with Crippen LogP contribution in [-0.2, 0) is 4.74 Å². The van der Waals surface area contributed by atoms with E-state index in [1.54, 1.807) is 4.90 Å². The second kappa shape index (κ2) is 11.6. The van der Waals surface area contributed by atoms with Crippen LogP contribution in [0.5, 0.6) is 0 Å². The van der Waals surface area contributed by atoms with Gasteiger partial charge in [0.2, 0.25) is 0 Å². The summed E-state index contributed by atoms with van der Waals surface area (Å²) in [7, 11) is 1.00. The van der Waals surface area contributed by atoms with E-state index in [0.717, 1.165) is 20.0 Å². The zero-order chi connectivity index (χ0) is 19.6. The van der Waals surface area contributed by atoms with E-state index in [1.807, 2.05) is 52.8 Å². The van der Waals surface area contributed by atoms with Gasteiger partial charge in [-0.15, -0.1) is 0 Å². The number of hydrogen-bond acceptors (Lipinski definition) is 3. The molecular weight excluding hydrogens is 361 g/mol. The number of halogens is 2. The van der Waals surface area contributed by atoms with Gasteiger partial charge in [-0.25, -0.2) is 4.79 Å². The lowest BCUT2D eigenvalue weighted by Crippen LogP contribution is -2.41. The molecule has 1 amide bonds. The van der Waals surface area contributed by atoms with Crippen molar-refractivity contribution in [2.45, 2.75) is 59.0 Å². The maximum absolute atomic E-state index is 12.0. The number of hydrogen-bond donors (Lipinski definition) is 1. The molecule has 1 heterocycles. The molecule has 0 saturated carbocycles. The summed E-state index contributed by atoms with van der Waals surface area (Å²) in [6, 6.07) is 5.78. The maximum atomic E-state index is 12.0. The molecule has 1 aliphatic rings. The van der Waals surface area contributed by atoms with Crippen molar-refractivity contribution in [1.29, 1.82) is 0 Å². The summed E-state index contributed by atoms with van der Waals surface area (Å²) in [6.45, 7) is 11.1. The molecular formula is C19H31Cl2NO3. The van der Waals surface area contributed by atoms with Crippen molar-refractivity contribution in [3.8, 4) is 0 Å². The number of carbonyl (C=O) groups excluding carboxylic acids is 1. The molecule has 1 aromatic carbocycles. The van der Waals surface area contributed by atoms with Crippen molar-refractivity contribution in [2.75, 3.05) is 20.2 Å². The van der Waals surface area contributed by atoms with Gasteiger partial charge < -0.3 is 14.7 Å². The third-order valence-corrected chi connectivity index (χ3v) is 4.30. The molecule has 144 valence electrons. The van der Waals surface area contributed by atoms with Gasteiger partial charge in [0.1, 0.15) is 5.60 Å². The predicted molar refractivity (Wildman–Crippen MR) is 106 cm³/mol. The van der Waals surface area contributed by atoms with Gasteiger partial charge in [-0.05, 0) is 57.2 Å². The van der Waals surface area contributed by atoms with Crippen LogP contribution in [0.25, 0.3) is 0 Å². The van der Waals surface area contributed by atoms with Gasteiger partial charge in [-0.1, -0.05) is 43.1 Å². The lowest BCUT2D eigenvalue weighted by atomic mass is 9.89. The van der Waals surface area contributed by atoms with E-state index in [1.165, 1.54) is 5.56 Å². The highest BCUT2D eigenvalue weighted by Crippen LogP contribution is 2.32. The van der Waals surface area contributed by atoms with Crippen molar-refractivity contribution in [1.82, 2.24) is 4.90 Å². The smallest absolute Gasteiger partial charge is 0.410 e. The number of ether oxygens (including phenoxy) is 1. The largest absolute Gasteiger partial charge is 0.444 e. The van der Waals surface area contributed by atoms with Crippen LogP contribution in [0, 0.1) is 0 Å². The molecule has 0 unspecified atom stereocenters. The van der Waals surface area contributed by atoms with Gasteiger partial charge in [0.15, 0.2) is 0 Å². The average molecular weight is 392 g/mol. The second-order valence-electron chi connectivity index (χ2n) is 6.42. The van der Waals surface area contributed by atoms with E-state index in [4.69, 9.17) is 33.0 Å². The van der Waals surface area contributed by atoms with Crippen LogP contribution >= 0.6 is 23.2 Å². The average Bonchev–Trinajstić information content (AvgIpc) is 2.59. The summed E-state index contributed by atoms with van der Waals surface area (Å²) >= 11 is 12.0. The number of rotatable bonds is 1. The number of amides is 1. The molecule has 1 aliphatic heterocycles. The highest BCUT2D eigenvalue weighted by Gasteiger charge is 2.27. The van der Waals surface area contributed by atoms with Crippen LogP contribution < -0.4 is 0 Å². The molecule has 0 aromatic heterocycles. The molecule has 2 rings (SSSR count). The molecule has 1 aromatic rings. The van der Waals surface area contributed by atoms with Crippen LogP contribution in [0.4, 0.5) is 4.79 Å². The van der Waals surface area contributed by atoms with Gasteiger partial charge in [0.05, 0.1) is 10.0 Å². The van der Waals surface area contributed by atoms with Crippen molar-refractivity contribution in [3.05, 3.63) is 33.8 Å². The molecule has 1 N–H and O–H groups in total. The van der Waals surface area contributed by atoms with Crippen LogP contribution in [0.1, 0.15) is 58.9 Å². The highest BCUT2D eigenvalue weighted by molar-refractivity contribution is 6.42. The van der Waals surface area contributed by atoms with Crippen molar-refractivity contribution >= 4 is 29.3 Å². The van der Waals surface area contributed by atoms with E-state index >= 15 is 0 Å². The Kier molecular flexibility index (Phi) is 11.2. The Morgan fingerprint density at radius 3 is 2.08 bits per heavy atom. The lowest BCUT2D eigenvalue weighted by Gasteiger charge is -2.33. The topological polar surface area (TPSA) is 49.8 Å². The number of piperidine rings is 1. The van der Waals surface area contributed by atoms with Gasteiger partial charge in [-0.2, -0.15) is 0 Å². The van der Waals surface area contributed by atoms with Crippen molar-refractivity contribution in [3.63, 3.8) is 0 Å². The molecule has 0 bridgehead atoms. The molecule has 1 fully saturated rings. The normalized spacial score (nSPS) is 14.7. The van der Waals surface area contributed by atoms with Gasteiger partial charge in [0.25, 0.3) is 0 Å². The molecule has 6 heteroatoms. The minimum Gasteiger partial charge on any atom is -0.444 e. The molecule has 1 saturated heterocycles. The van der Waals surface area contributed by atoms with Crippen LogP contribution in [0.2, 0.25) is 10.0 Å².